The van der Waals surface area contributed by atoms with Gasteiger partial charge in [-0.25, -0.2) is 4.98 Å². The van der Waals surface area contributed by atoms with Crippen molar-refractivity contribution in [3.63, 3.8) is 0 Å². The quantitative estimate of drug-likeness (QED) is 0.138. The van der Waals surface area contributed by atoms with Gasteiger partial charge in [0.15, 0.2) is 28.8 Å². The molecule has 0 bridgehead atoms. The van der Waals surface area contributed by atoms with Crippen LogP contribution in [0, 0.1) is 11.8 Å². The monoisotopic (exact) mass is 664 g/mol. The van der Waals surface area contributed by atoms with Gasteiger partial charge in [0.1, 0.15) is 12.2 Å². The van der Waals surface area contributed by atoms with Gasteiger partial charge in [-0.3, -0.25) is 19.5 Å². The molecule has 1 aliphatic heterocycles. The van der Waals surface area contributed by atoms with Crippen LogP contribution in [-0.2, 0) is 19.7 Å². The van der Waals surface area contributed by atoms with E-state index in [9.17, 15) is 24.9 Å². The lowest BCUT2D eigenvalue weighted by atomic mass is 9.57. The molecule has 254 valence electrons. The first kappa shape index (κ1) is 33.9. The van der Waals surface area contributed by atoms with Crippen LogP contribution in [0.3, 0.4) is 0 Å². The zero-order chi connectivity index (χ0) is 34.9. The Morgan fingerprint density at radius 1 is 0.837 bits per heavy atom. The summed E-state index contributed by atoms with van der Waals surface area (Å²) in [6.45, 7) is 6.29. The number of carbonyl (C=O) groups excluding carboxylic acids is 2. The minimum atomic E-state index is -2.24. The van der Waals surface area contributed by atoms with Crippen molar-refractivity contribution in [3.05, 3.63) is 114 Å². The molecular formula is C37H40N6O6. The highest BCUT2D eigenvalue weighted by molar-refractivity contribution is 5.99. The molecule has 2 amide bonds. The highest BCUT2D eigenvalue weighted by atomic mass is 16.6. The van der Waals surface area contributed by atoms with Crippen LogP contribution in [-0.4, -0.2) is 71.1 Å². The number of amides is 2. The van der Waals surface area contributed by atoms with Crippen molar-refractivity contribution in [1.82, 2.24) is 19.5 Å². The van der Waals surface area contributed by atoms with Crippen LogP contribution in [0.2, 0.25) is 0 Å². The second-order valence-electron chi connectivity index (χ2n) is 12.8. The van der Waals surface area contributed by atoms with Crippen LogP contribution in [0.5, 0.6) is 0 Å². The normalized spacial score (nSPS) is 21.0. The maximum atomic E-state index is 13.6. The lowest BCUT2D eigenvalue weighted by molar-refractivity contribution is -0.136. The van der Waals surface area contributed by atoms with Crippen LogP contribution in [0.25, 0.3) is 11.2 Å². The summed E-state index contributed by atoms with van der Waals surface area (Å²) >= 11 is 0. The Kier molecular flexibility index (Phi) is 9.32. The number of benzene rings is 3. The van der Waals surface area contributed by atoms with Gasteiger partial charge < -0.3 is 25.4 Å². The Morgan fingerprint density at radius 2 is 1.33 bits per heavy atom. The molecule has 1 saturated heterocycles. The van der Waals surface area contributed by atoms with Gasteiger partial charge in [0.05, 0.1) is 18.3 Å². The number of rotatable bonds is 10. The van der Waals surface area contributed by atoms with E-state index in [1.165, 1.54) is 10.9 Å². The Morgan fingerprint density at radius 3 is 1.80 bits per heavy atom. The van der Waals surface area contributed by atoms with E-state index in [1.54, 1.807) is 27.7 Å². The Bertz CT molecular complexity index is 1840. The fraction of sp³-hybridized carbons (Fsp3) is 0.324. The average molecular weight is 665 g/mol. The van der Waals surface area contributed by atoms with Crippen molar-refractivity contribution in [2.75, 3.05) is 17.2 Å². The molecule has 49 heavy (non-hydrogen) atoms. The molecule has 6 rings (SSSR count). The first-order valence-electron chi connectivity index (χ1n) is 16.2. The number of nitrogens with one attached hydrogen (secondary N) is 2. The van der Waals surface area contributed by atoms with Crippen LogP contribution in [0.4, 0.5) is 11.8 Å². The molecule has 4 atom stereocenters. The summed E-state index contributed by atoms with van der Waals surface area (Å²) in [6, 6.07) is 28.0. The fourth-order valence-corrected chi connectivity index (χ4v) is 6.61. The predicted molar refractivity (Wildman–Crippen MR) is 183 cm³/mol. The van der Waals surface area contributed by atoms with E-state index >= 15 is 0 Å². The molecule has 3 heterocycles. The maximum Gasteiger partial charge on any atom is 0.233 e. The van der Waals surface area contributed by atoms with Crippen LogP contribution >= 0.6 is 0 Å². The first-order valence-corrected chi connectivity index (χ1v) is 16.2. The molecular weight excluding hydrogens is 624 g/mol. The summed E-state index contributed by atoms with van der Waals surface area (Å²) < 4.78 is 7.87. The van der Waals surface area contributed by atoms with E-state index in [-0.39, 0.29) is 34.7 Å². The van der Waals surface area contributed by atoms with Crippen LogP contribution in [0.1, 0.15) is 50.6 Å². The number of ether oxygens (including phenoxy) is 1. The van der Waals surface area contributed by atoms with Crippen molar-refractivity contribution in [1.29, 1.82) is 0 Å². The molecule has 5 aromatic rings. The molecule has 12 heteroatoms. The number of imidazole rings is 1. The minimum absolute atomic E-state index is 0.0442. The van der Waals surface area contributed by atoms with Gasteiger partial charge >= 0.3 is 0 Å². The molecule has 3 aromatic carbocycles. The summed E-state index contributed by atoms with van der Waals surface area (Å²) in [5.41, 5.74) is -1.54. The third-order valence-electron chi connectivity index (χ3n) is 9.08. The highest BCUT2D eigenvalue weighted by Crippen LogP contribution is 2.57. The first-order chi connectivity index (χ1) is 23.5. The van der Waals surface area contributed by atoms with Gasteiger partial charge in [0, 0.05) is 11.8 Å². The molecule has 0 saturated carbocycles. The second-order valence-corrected chi connectivity index (χ2v) is 12.8. The number of aliphatic hydroxyl groups excluding tert-OH is 2. The van der Waals surface area contributed by atoms with Crippen LogP contribution < -0.4 is 10.6 Å². The Labute approximate surface area is 283 Å². The summed E-state index contributed by atoms with van der Waals surface area (Å²) in [6.07, 6.45) is -2.93. The van der Waals surface area contributed by atoms with E-state index in [2.05, 4.69) is 25.6 Å². The smallest absolute Gasteiger partial charge is 0.233 e. The van der Waals surface area contributed by atoms with Crippen molar-refractivity contribution < 1.29 is 29.6 Å². The maximum absolute atomic E-state index is 13.6. The molecule has 1 aliphatic rings. The van der Waals surface area contributed by atoms with Gasteiger partial charge in [0.2, 0.25) is 17.8 Å². The Hall–Kier alpha value is -5.01. The number of aliphatic hydroxyl groups is 3. The standard InChI is InChI=1S/C37H40N6O6/c1-22(2)32(46)39-30-28-31(41-35(40-30)42-33(47)23(3)4)43(21-38-28)34-37(48,29(45)27(20-44)49-34)36(24-14-8-5-9-15-24,25-16-10-6-11-17-25)26-18-12-7-13-19-26/h5-19,21-23,27,29,34,44-45,48H,20H2,1-4H3,(H2,39,40,41,42,46,47)/t27-,29-,34-,37-/m1/s1. The van der Waals surface area contributed by atoms with Crippen LogP contribution in [0.15, 0.2) is 97.3 Å². The largest absolute Gasteiger partial charge is 0.394 e. The van der Waals surface area contributed by atoms with E-state index in [4.69, 9.17) is 4.74 Å². The van der Waals surface area contributed by atoms with Crippen molar-refractivity contribution in [2.45, 2.75) is 57.1 Å². The minimum Gasteiger partial charge on any atom is -0.394 e. The van der Waals surface area contributed by atoms with Crippen molar-refractivity contribution >= 4 is 34.7 Å². The zero-order valence-corrected chi connectivity index (χ0v) is 27.7. The molecule has 0 radical (unpaired) electrons. The predicted octanol–water partition coefficient (Wildman–Crippen LogP) is 4.03. The van der Waals surface area contributed by atoms with E-state index in [0.717, 1.165) is 0 Å². The summed E-state index contributed by atoms with van der Waals surface area (Å²) in [5.74, 6) is -1.54. The molecule has 0 aliphatic carbocycles. The zero-order valence-electron chi connectivity index (χ0n) is 27.7. The van der Waals surface area contributed by atoms with E-state index < -0.39 is 47.9 Å². The average Bonchev–Trinajstić information content (AvgIpc) is 3.64. The molecule has 12 nitrogen and oxygen atoms in total. The SMILES string of the molecule is CC(C)C(=O)Nc1nc(NC(=O)C(C)C)c2ncn([C@@H]3O[C@H](CO)[C@@H](O)[C@]3(O)C(c3ccccc3)(c3ccccc3)c3ccccc3)c2n1. The molecule has 0 spiro atoms. The summed E-state index contributed by atoms with van der Waals surface area (Å²) in [7, 11) is 0. The number of hydrogen-bond acceptors (Lipinski definition) is 9. The molecule has 0 unspecified atom stereocenters. The van der Waals surface area contributed by atoms with E-state index in [0.29, 0.717) is 16.7 Å². The van der Waals surface area contributed by atoms with Crippen molar-refractivity contribution in [3.8, 4) is 0 Å². The second kappa shape index (κ2) is 13.5. The van der Waals surface area contributed by atoms with Gasteiger partial charge in [0.25, 0.3) is 0 Å². The lowest BCUT2D eigenvalue weighted by Crippen LogP contribution is -2.62. The molecule has 1 fully saturated rings. The van der Waals surface area contributed by atoms with E-state index in [1.807, 2.05) is 91.0 Å². The topological polar surface area (TPSA) is 172 Å². The van der Waals surface area contributed by atoms with Gasteiger partial charge in [-0.15, -0.1) is 0 Å². The third kappa shape index (κ3) is 5.66. The van der Waals surface area contributed by atoms with Gasteiger partial charge in [-0.1, -0.05) is 119 Å². The number of carbonyl (C=O) groups is 2. The summed E-state index contributed by atoms with van der Waals surface area (Å²) in [5, 5.41) is 41.8. The highest BCUT2D eigenvalue weighted by Gasteiger charge is 2.68. The third-order valence-corrected chi connectivity index (χ3v) is 9.08. The number of hydrogen-bond donors (Lipinski definition) is 5. The molecule has 2 aromatic heterocycles. The Balaban J connectivity index is 1.67. The van der Waals surface area contributed by atoms with Gasteiger partial charge in [-0.2, -0.15) is 9.97 Å². The van der Waals surface area contributed by atoms with Crippen molar-refractivity contribution in [2.24, 2.45) is 11.8 Å². The number of aromatic nitrogens is 4. The fourth-order valence-electron chi connectivity index (χ4n) is 6.61. The summed E-state index contributed by atoms with van der Waals surface area (Å²) in [4.78, 5) is 39.2. The number of nitrogens with zero attached hydrogens (tertiary/aromatic N) is 4. The number of fused-ring (bicyclic) bond motifs is 1. The molecule has 5 N–H and O–H groups in total. The number of anilines is 2. The van der Waals surface area contributed by atoms with Gasteiger partial charge in [-0.05, 0) is 16.7 Å². The lowest BCUT2D eigenvalue weighted by Gasteiger charge is -2.50.